The van der Waals surface area contributed by atoms with Crippen molar-refractivity contribution in [2.24, 2.45) is 5.14 Å². The van der Waals surface area contributed by atoms with E-state index in [0.29, 0.717) is 19.5 Å². The molecule has 3 N–H and O–H groups in total. The molecule has 1 aromatic carbocycles. The fourth-order valence-corrected chi connectivity index (χ4v) is 3.27. The van der Waals surface area contributed by atoms with Crippen LogP contribution in [0.15, 0.2) is 23.1 Å². The number of halogens is 2. The van der Waals surface area contributed by atoms with Crippen LogP contribution >= 0.6 is 0 Å². The molecule has 2 rings (SSSR count). The Balaban J connectivity index is 2.47. The van der Waals surface area contributed by atoms with Gasteiger partial charge in [-0.25, -0.2) is 22.3 Å². The number of benzene rings is 1. The number of nitro benzene ring substituents is 1. The molecule has 1 aliphatic heterocycles. The molecule has 128 valence electrons. The number of rotatable bonds is 6. The van der Waals surface area contributed by atoms with Crippen LogP contribution in [0, 0.1) is 10.1 Å². The molecule has 0 unspecified atom stereocenters. The van der Waals surface area contributed by atoms with Gasteiger partial charge in [0.1, 0.15) is 0 Å². The van der Waals surface area contributed by atoms with Crippen molar-refractivity contribution in [1.29, 1.82) is 0 Å². The van der Waals surface area contributed by atoms with Gasteiger partial charge in [-0.3, -0.25) is 10.1 Å². The van der Waals surface area contributed by atoms with Gasteiger partial charge in [0.25, 0.3) is 12.1 Å². The molecule has 0 radical (unpaired) electrons. The van der Waals surface area contributed by atoms with Crippen molar-refractivity contribution in [3.63, 3.8) is 0 Å². The van der Waals surface area contributed by atoms with Crippen molar-refractivity contribution in [2.45, 2.75) is 23.8 Å². The molecule has 0 spiro atoms. The molecule has 8 nitrogen and oxygen atoms in total. The molecule has 1 heterocycles. The highest BCUT2D eigenvalue weighted by atomic mass is 32.2. The van der Waals surface area contributed by atoms with Crippen LogP contribution in [-0.2, 0) is 10.0 Å². The second-order valence-electron chi connectivity index (χ2n) is 5.14. The van der Waals surface area contributed by atoms with E-state index >= 15 is 0 Å². The Hall–Kier alpha value is -1.85. The van der Waals surface area contributed by atoms with Crippen LogP contribution in [0.1, 0.15) is 6.42 Å². The zero-order chi connectivity index (χ0) is 17.2. The van der Waals surface area contributed by atoms with Crippen LogP contribution < -0.4 is 15.4 Å². The van der Waals surface area contributed by atoms with Crippen LogP contribution in [0.25, 0.3) is 0 Å². The number of sulfonamides is 1. The van der Waals surface area contributed by atoms with E-state index in [4.69, 9.17) is 5.14 Å². The smallest absolute Gasteiger partial charge is 0.291 e. The van der Waals surface area contributed by atoms with Gasteiger partial charge in [0.2, 0.25) is 10.0 Å². The van der Waals surface area contributed by atoms with Crippen LogP contribution in [0.2, 0.25) is 0 Å². The van der Waals surface area contributed by atoms with Gasteiger partial charge < -0.3 is 10.2 Å². The summed E-state index contributed by atoms with van der Waals surface area (Å²) >= 11 is 0. The molecule has 1 aromatic rings. The van der Waals surface area contributed by atoms with Crippen LogP contribution in [0.3, 0.4) is 0 Å². The first-order valence-electron chi connectivity index (χ1n) is 6.77. The quantitative estimate of drug-likeness (QED) is 0.575. The average Bonchev–Trinajstić information content (AvgIpc) is 2.96. The summed E-state index contributed by atoms with van der Waals surface area (Å²) in [7, 11) is -4.28. The number of primary sulfonamides is 1. The molecular weight excluding hydrogens is 334 g/mol. The number of hydrogen-bond acceptors (Lipinski definition) is 6. The SMILES string of the molecule is NS(=O)(=O)c1ccc(N(CC(F)F)[C@H]2CCNC2)cc1[N+](=O)[O-]. The second-order valence-corrected chi connectivity index (χ2v) is 6.67. The summed E-state index contributed by atoms with van der Waals surface area (Å²) in [6, 6.07) is 2.96. The number of anilines is 1. The minimum atomic E-state index is -4.28. The first-order valence-corrected chi connectivity index (χ1v) is 8.31. The van der Waals surface area contributed by atoms with Crippen molar-refractivity contribution in [2.75, 3.05) is 24.5 Å². The topological polar surface area (TPSA) is 119 Å². The molecule has 0 amide bonds. The van der Waals surface area contributed by atoms with Crippen molar-refractivity contribution >= 4 is 21.4 Å². The van der Waals surface area contributed by atoms with Gasteiger partial charge >= 0.3 is 0 Å². The fraction of sp³-hybridized carbons (Fsp3) is 0.500. The lowest BCUT2D eigenvalue weighted by molar-refractivity contribution is -0.387. The van der Waals surface area contributed by atoms with Gasteiger partial charge in [0, 0.05) is 24.3 Å². The highest BCUT2D eigenvalue weighted by molar-refractivity contribution is 7.89. The predicted molar refractivity (Wildman–Crippen MR) is 79.1 cm³/mol. The Labute approximate surface area is 131 Å². The fourth-order valence-electron chi connectivity index (χ4n) is 2.59. The molecule has 23 heavy (non-hydrogen) atoms. The molecule has 0 aromatic heterocycles. The van der Waals surface area contributed by atoms with Gasteiger partial charge in [-0.2, -0.15) is 0 Å². The summed E-state index contributed by atoms with van der Waals surface area (Å²) in [4.78, 5) is 10.9. The van der Waals surface area contributed by atoms with Crippen molar-refractivity contribution in [1.82, 2.24) is 5.32 Å². The van der Waals surface area contributed by atoms with Crippen molar-refractivity contribution < 1.29 is 22.1 Å². The minimum Gasteiger partial charge on any atom is -0.361 e. The first-order chi connectivity index (χ1) is 10.7. The van der Waals surface area contributed by atoms with Gasteiger partial charge in [-0.15, -0.1) is 0 Å². The Morgan fingerprint density at radius 2 is 2.17 bits per heavy atom. The third kappa shape index (κ3) is 4.12. The van der Waals surface area contributed by atoms with E-state index in [1.54, 1.807) is 0 Å². The second kappa shape index (κ2) is 6.72. The lowest BCUT2D eigenvalue weighted by Gasteiger charge is -2.30. The van der Waals surface area contributed by atoms with Crippen molar-refractivity contribution in [3.8, 4) is 0 Å². The Bertz CT molecular complexity index is 692. The third-order valence-electron chi connectivity index (χ3n) is 3.59. The lowest BCUT2D eigenvalue weighted by atomic mass is 10.1. The summed E-state index contributed by atoms with van der Waals surface area (Å²) in [5.74, 6) is 0. The van der Waals surface area contributed by atoms with E-state index in [1.165, 1.54) is 11.0 Å². The standard InChI is InChI=1S/C12H16F2N4O4S/c13-12(14)7-17(9-3-4-16-6-9)8-1-2-11(23(15,21)22)10(5-8)18(19)20/h1-2,5,9,12,16H,3-4,6-7H2,(H2,15,21,22)/t9-/m0/s1. The van der Waals surface area contributed by atoms with E-state index in [0.717, 1.165) is 12.1 Å². The molecule has 1 fully saturated rings. The van der Waals surface area contributed by atoms with E-state index < -0.39 is 38.5 Å². The molecule has 11 heteroatoms. The number of nitrogens with two attached hydrogens (primary N) is 1. The third-order valence-corrected chi connectivity index (χ3v) is 4.55. The lowest BCUT2D eigenvalue weighted by Crippen LogP contribution is -2.40. The number of nitrogens with zero attached hydrogens (tertiary/aromatic N) is 2. The monoisotopic (exact) mass is 350 g/mol. The maximum atomic E-state index is 12.8. The van der Waals surface area contributed by atoms with E-state index in [-0.39, 0.29) is 11.7 Å². The van der Waals surface area contributed by atoms with E-state index in [1.807, 2.05) is 0 Å². The number of nitrogens with one attached hydrogen (secondary N) is 1. The summed E-state index contributed by atoms with van der Waals surface area (Å²) < 4.78 is 48.5. The van der Waals surface area contributed by atoms with Gasteiger partial charge in [0.05, 0.1) is 11.5 Å². The summed E-state index contributed by atoms with van der Waals surface area (Å²) in [5, 5.41) is 19.1. The Kier molecular flexibility index (Phi) is 5.12. The van der Waals surface area contributed by atoms with Crippen molar-refractivity contribution in [3.05, 3.63) is 28.3 Å². The molecule has 1 saturated heterocycles. The Morgan fingerprint density at radius 3 is 2.65 bits per heavy atom. The number of hydrogen-bond donors (Lipinski definition) is 2. The minimum absolute atomic E-state index is 0.165. The number of nitro groups is 1. The van der Waals surface area contributed by atoms with E-state index in [2.05, 4.69) is 5.32 Å². The predicted octanol–water partition coefficient (Wildman–Crippen LogP) is 0.676. The van der Waals surface area contributed by atoms with Crippen LogP contribution in [0.4, 0.5) is 20.2 Å². The average molecular weight is 350 g/mol. The maximum Gasteiger partial charge on any atom is 0.291 e. The molecule has 0 saturated carbocycles. The summed E-state index contributed by atoms with van der Waals surface area (Å²) in [6.07, 6.45) is -2.02. The molecule has 0 aliphatic carbocycles. The van der Waals surface area contributed by atoms with E-state index in [9.17, 15) is 27.3 Å². The molecule has 1 atom stereocenters. The maximum absolute atomic E-state index is 12.8. The van der Waals surface area contributed by atoms with Gasteiger partial charge in [0.15, 0.2) is 4.90 Å². The summed E-state index contributed by atoms with van der Waals surface area (Å²) in [5.41, 5.74) is -0.562. The highest BCUT2D eigenvalue weighted by Crippen LogP contribution is 2.30. The van der Waals surface area contributed by atoms with Crippen LogP contribution in [-0.4, -0.2) is 45.4 Å². The van der Waals surface area contributed by atoms with Gasteiger partial charge in [-0.05, 0) is 25.1 Å². The summed E-state index contributed by atoms with van der Waals surface area (Å²) in [6.45, 7) is 0.525. The molecular formula is C12H16F2N4O4S. The zero-order valence-electron chi connectivity index (χ0n) is 12.0. The normalized spacial score (nSPS) is 18.3. The first kappa shape index (κ1) is 17.5. The molecule has 1 aliphatic rings. The number of alkyl halides is 2. The van der Waals surface area contributed by atoms with Crippen LogP contribution in [0.5, 0.6) is 0 Å². The molecule has 0 bridgehead atoms. The zero-order valence-corrected chi connectivity index (χ0v) is 12.8. The highest BCUT2D eigenvalue weighted by Gasteiger charge is 2.29. The largest absolute Gasteiger partial charge is 0.361 e. The Morgan fingerprint density at radius 1 is 1.48 bits per heavy atom. The van der Waals surface area contributed by atoms with Gasteiger partial charge in [-0.1, -0.05) is 0 Å².